The minimum atomic E-state index is -0.374. The van der Waals surface area contributed by atoms with Crippen molar-refractivity contribution in [1.29, 1.82) is 0 Å². The number of aryl methyl sites for hydroxylation is 2. The van der Waals surface area contributed by atoms with Crippen molar-refractivity contribution in [2.45, 2.75) is 13.8 Å². The quantitative estimate of drug-likeness (QED) is 0.602. The maximum absolute atomic E-state index is 11.4. The number of nitrogen functional groups attached to an aromatic ring is 1. The standard InChI is InChI=1S/C13H11NO3/c1-6-5-10(15)17-13-8(6)3-4-9-11(13)12(14)7(2)16-9/h3-5H,14H2,1-2H3. The summed E-state index contributed by atoms with van der Waals surface area (Å²) in [7, 11) is 0. The van der Waals surface area contributed by atoms with Gasteiger partial charge in [0.1, 0.15) is 11.3 Å². The minimum absolute atomic E-state index is 0.374. The van der Waals surface area contributed by atoms with Crippen molar-refractivity contribution in [2.75, 3.05) is 5.73 Å². The molecule has 86 valence electrons. The van der Waals surface area contributed by atoms with Crippen LogP contribution >= 0.6 is 0 Å². The van der Waals surface area contributed by atoms with E-state index in [0.717, 1.165) is 10.9 Å². The lowest BCUT2D eigenvalue weighted by Gasteiger charge is -2.01. The van der Waals surface area contributed by atoms with Gasteiger partial charge in [-0.3, -0.25) is 0 Å². The Labute approximate surface area is 96.6 Å². The molecule has 17 heavy (non-hydrogen) atoms. The highest BCUT2D eigenvalue weighted by atomic mass is 16.4. The molecule has 0 unspecified atom stereocenters. The topological polar surface area (TPSA) is 69.4 Å². The molecule has 1 aromatic carbocycles. The molecule has 0 bridgehead atoms. The number of nitrogens with two attached hydrogens (primary N) is 1. The third-order valence-electron chi connectivity index (χ3n) is 2.99. The Hall–Kier alpha value is -2.23. The zero-order valence-corrected chi connectivity index (χ0v) is 9.53. The Kier molecular flexibility index (Phi) is 1.84. The lowest BCUT2D eigenvalue weighted by molar-refractivity contribution is 0.561. The smallest absolute Gasteiger partial charge is 0.336 e. The van der Waals surface area contributed by atoms with Crippen molar-refractivity contribution in [2.24, 2.45) is 0 Å². The molecular formula is C13H11NO3. The first-order chi connectivity index (χ1) is 8.08. The highest BCUT2D eigenvalue weighted by Gasteiger charge is 2.14. The van der Waals surface area contributed by atoms with Crippen molar-refractivity contribution in [3.63, 3.8) is 0 Å². The molecule has 0 saturated carbocycles. The van der Waals surface area contributed by atoms with Crippen LogP contribution in [0.25, 0.3) is 21.9 Å². The molecule has 0 amide bonds. The molecule has 2 aromatic heterocycles. The summed E-state index contributed by atoms with van der Waals surface area (Å²) in [6.45, 7) is 3.66. The third kappa shape index (κ3) is 1.27. The molecule has 3 aromatic rings. The second-order valence-electron chi connectivity index (χ2n) is 4.14. The van der Waals surface area contributed by atoms with E-state index in [1.54, 1.807) is 6.92 Å². The molecule has 3 rings (SSSR count). The first-order valence-corrected chi connectivity index (χ1v) is 5.30. The number of hydrogen-bond acceptors (Lipinski definition) is 4. The van der Waals surface area contributed by atoms with E-state index in [1.165, 1.54) is 6.07 Å². The van der Waals surface area contributed by atoms with E-state index in [4.69, 9.17) is 14.6 Å². The largest absolute Gasteiger partial charge is 0.459 e. The second kappa shape index (κ2) is 3.13. The van der Waals surface area contributed by atoms with E-state index in [1.807, 2.05) is 19.1 Å². The molecule has 0 saturated heterocycles. The van der Waals surface area contributed by atoms with Crippen LogP contribution in [-0.4, -0.2) is 0 Å². The fourth-order valence-corrected chi connectivity index (χ4v) is 2.10. The van der Waals surface area contributed by atoms with Crippen LogP contribution in [-0.2, 0) is 0 Å². The van der Waals surface area contributed by atoms with Gasteiger partial charge >= 0.3 is 5.63 Å². The predicted molar refractivity (Wildman–Crippen MR) is 66.1 cm³/mol. The molecule has 0 radical (unpaired) electrons. The number of hydrogen-bond donors (Lipinski definition) is 1. The lowest BCUT2D eigenvalue weighted by atomic mass is 10.1. The lowest BCUT2D eigenvalue weighted by Crippen LogP contribution is -1.98. The van der Waals surface area contributed by atoms with Gasteiger partial charge in [-0.15, -0.1) is 0 Å². The summed E-state index contributed by atoms with van der Waals surface area (Å²) < 4.78 is 10.8. The first-order valence-electron chi connectivity index (χ1n) is 5.30. The Balaban J connectivity index is 2.67. The number of furan rings is 1. The van der Waals surface area contributed by atoms with Gasteiger partial charge in [0, 0.05) is 11.5 Å². The maximum atomic E-state index is 11.4. The van der Waals surface area contributed by atoms with Crippen LogP contribution in [0.2, 0.25) is 0 Å². The SMILES string of the molecule is Cc1oc2ccc3c(C)cc(=O)oc3c2c1N. The summed E-state index contributed by atoms with van der Waals surface area (Å²) >= 11 is 0. The van der Waals surface area contributed by atoms with Gasteiger partial charge in [-0.1, -0.05) is 0 Å². The van der Waals surface area contributed by atoms with Gasteiger partial charge in [-0.25, -0.2) is 4.79 Å². The molecule has 4 heteroatoms. The summed E-state index contributed by atoms with van der Waals surface area (Å²) in [5.41, 5.74) is 8.11. The van der Waals surface area contributed by atoms with Crippen molar-refractivity contribution in [1.82, 2.24) is 0 Å². The van der Waals surface area contributed by atoms with Gasteiger partial charge < -0.3 is 14.6 Å². The Morgan fingerprint density at radius 3 is 2.71 bits per heavy atom. The van der Waals surface area contributed by atoms with E-state index in [2.05, 4.69) is 0 Å². The van der Waals surface area contributed by atoms with Crippen LogP contribution in [0.4, 0.5) is 5.69 Å². The van der Waals surface area contributed by atoms with Gasteiger partial charge in [0.25, 0.3) is 0 Å². The second-order valence-corrected chi connectivity index (χ2v) is 4.14. The highest BCUT2D eigenvalue weighted by Crippen LogP contribution is 2.34. The van der Waals surface area contributed by atoms with Crippen molar-refractivity contribution < 1.29 is 8.83 Å². The molecule has 0 atom stereocenters. The van der Waals surface area contributed by atoms with Gasteiger partial charge in [0.2, 0.25) is 0 Å². The van der Waals surface area contributed by atoms with Crippen molar-refractivity contribution in [3.05, 3.63) is 39.9 Å². The van der Waals surface area contributed by atoms with Crippen molar-refractivity contribution >= 4 is 27.6 Å². The molecule has 0 aliphatic carbocycles. The van der Waals surface area contributed by atoms with Crippen LogP contribution in [0.3, 0.4) is 0 Å². The van der Waals surface area contributed by atoms with Gasteiger partial charge in [-0.2, -0.15) is 0 Å². The monoisotopic (exact) mass is 229 g/mol. The van der Waals surface area contributed by atoms with Gasteiger partial charge in [-0.05, 0) is 31.5 Å². The zero-order chi connectivity index (χ0) is 12.2. The molecule has 0 fully saturated rings. The summed E-state index contributed by atoms with van der Waals surface area (Å²) in [5.74, 6) is 0.636. The normalized spacial score (nSPS) is 11.4. The van der Waals surface area contributed by atoms with E-state index in [-0.39, 0.29) is 5.63 Å². The molecule has 2 heterocycles. The minimum Gasteiger partial charge on any atom is -0.459 e. The molecule has 0 aliphatic rings. The number of benzene rings is 1. The van der Waals surface area contributed by atoms with E-state index in [0.29, 0.717) is 28.0 Å². The number of rotatable bonds is 0. The van der Waals surface area contributed by atoms with Crippen LogP contribution in [0.15, 0.2) is 31.8 Å². The number of anilines is 1. The third-order valence-corrected chi connectivity index (χ3v) is 2.99. The van der Waals surface area contributed by atoms with Crippen LogP contribution in [0.5, 0.6) is 0 Å². The first kappa shape index (κ1) is 9.96. The Bertz CT molecular complexity index is 796. The van der Waals surface area contributed by atoms with Gasteiger partial charge in [0.15, 0.2) is 5.58 Å². The van der Waals surface area contributed by atoms with E-state index < -0.39 is 0 Å². The molecule has 0 spiro atoms. The zero-order valence-electron chi connectivity index (χ0n) is 9.53. The average Bonchev–Trinajstić information content (AvgIpc) is 2.54. The van der Waals surface area contributed by atoms with Crippen LogP contribution in [0, 0.1) is 13.8 Å². The Morgan fingerprint density at radius 2 is 1.94 bits per heavy atom. The summed E-state index contributed by atoms with van der Waals surface area (Å²) in [5, 5.41) is 1.56. The Morgan fingerprint density at radius 1 is 1.18 bits per heavy atom. The summed E-state index contributed by atoms with van der Waals surface area (Å²) in [6, 6.07) is 5.18. The molecule has 0 aliphatic heterocycles. The molecule has 2 N–H and O–H groups in total. The average molecular weight is 229 g/mol. The van der Waals surface area contributed by atoms with Crippen LogP contribution < -0.4 is 11.4 Å². The van der Waals surface area contributed by atoms with E-state index in [9.17, 15) is 4.79 Å². The van der Waals surface area contributed by atoms with Crippen LogP contribution in [0.1, 0.15) is 11.3 Å². The summed E-state index contributed by atoms with van der Waals surface area (Å²) in [4.78, 5) is 11.4. The molecular weight excluding hydrogens is 218 g/mol. The number of fused-ring (bicyclic) bond motifs is 3. The molecule has 4 nitrogen and oxygen atoms in total. The van der Waals surface area contributed by atoms with Crippen molar-refractivity contribution in [3.8, 4) is 0 Å². The fraction of sp³-hybridized carbons (Fsp3) is 0.154. The van der Waals surface area contributed by atoms with Gasteiger partial charge in [0.05, 0.1) is 11.1 Å². The highest BCUT2D eigenvalue weighted by molar-refractivity contribution is 6.09. The maximum Gasteiger partial charge on any atom is 0.336 e. The summed E-state index contributed by atoms with van der Waals surface area (Å²) in [6.07, 6.45) is 0. The van der Waals surface area contributed by atoms with E-state index >= 15 is 0 Å². The fourth-order valence-electron chi connectivity index (χ4n) is 2.10. The predicted octanol–water partition coefficient (Wildman–Crippen LogP) is 2.74.